The molecule has 2 aromatic rings. The van der Waals surface area contributed by atoms with E-state index in [0.717, 1.165) is 9.84 Å². The molecule has 2 rings (SSSR count). The van der Waals surface area contributed by atoms with Gasteiger partial charge in [0.1, 0.15) is 0 Å². The fraction of sp³-hybridized carbons (Fsp3) is 0.250. The highest BCUT2D eigenvalue weighted by atomic mass is 35.5. The van der Waals surface area contributed by atoms with Gasteiger partial charge in [0.15, 0.2) is 10.1 Å². The molecule has 1 N–H and O–H groups in total. The second kappa shape index (κ2) is 3.25. The Labute approximate surface area is 88.8 Å². The number of hydrogen-bond donors (Lipinski definition) is 1. The fourth-order valence-electron chi connectivity index (χ4n) is 1.28. The average molecular weight is 231 g/mol. The van der Waals surface area contributed by atoms with Crippen LogP contribution in [0.25, 0.3) is 4.96 Å². The molecular weight excluding hydrogens is 224 g/mol. The molecule has 2 heterocycles. The number of fused-ring (bicyclic) bond motifs is 1. The molecule has 4 nitrogen and oxygen atoms in total. The second-order valence-corrected chi connectivity index (χ2v) is 4.49. The number of carboxylic acid groups (broad SMARTS) is 1. The lowest BCUT2D eigenvalue weighted by molar-refractivity contribution is -0.136. The maximum Gasteiger partial charge on any atom is 0.309 e. The highest BCUT2D eigenvalue weighted by Gasteiger charge is 2.14. The molecule has 0 radical (unpaired) electrons. The molecule has 0 atom stereocenters. The maximum atomic E-state index is 10.6. The summed E-state index contributed by atoms with van der Waals surface area (Å²) in [5.41, 5.74) is 0.540. The minimum absolute atomic E-state index is 0.101. The van der Waals surface area contributed by atoms with Crippen molar-refractivity contribution in [3.8, 4) is 0 Å². The van der Waals surface area contributed by atoms with Gasteiger partial charge in [0.25, 0.3) is 0 Å². The van der Waals surface area contributed by atoms with Crippen LogP contribution in [0.15, 0.2) is 6.20 Å². The standard InChI is InChI=1S/C8H7ClN2O2S/c1-4-3-11-5(2-6(12)13)7(9)10-8(11)14-4/h3H,2H2,1H3,(H,12,13). The van der Waals surface area contributed by atoms with Crippen LogP contribution >= 0.6 is 22.9 Å². The Bertz CT molecular complexity index is 503. The Morgan fingerprint density at radius 2 is 2.50 bits per heavy atom. The van der Waals surface area contributed by atoms with E-state index < -0.39 is 5.97 Å². The summed E-state index contributed by atoms with van der Waals surface area (Å²) in [5.74, 6) is -0.905. The Morgan fingerprint density at radius 3 is 3.14 bits per heavy atom. The first-order valence-corrected chi connectivity index (χ1v) is 5.12. The molecule has 74 valence electrons. The highest BCUT2D eigenvalue weighted by Crippen LogP contribution is 2.24. The summed E-state index contributed by atoms with van der Waals surface area (Å²) >= 11 is 7.31. The molecule has 0 aromatic carbocycles. The molecule has 0 aliphatic carbocycles. The van der Waals surface area contributed by atoms with Crippen LogP contribution in [0.2, 0.25) is 5.15 Å². The molecule has 6 heteroatoms. The summed E-state index contributed by atoms with van der Waals surface area (Å²) in [5, 5.41) is 8.96. The third-order valence-electron chi connectivity index (χ3n) is 1.81. The molecular formula is C8H7ClN2O2S. The van der Waals surface area contributed by atoms with Crippen molar-refractivity contribution >= 4 is 33.9 Å². The first-order valence-electron chi connectivity index (χ1n) is 3.92. The number of carboxylic acids is 1. The van der Waals surface area contributed by atoms with Gasteiger partial charge in [-0.3, -0.25) is 9.20 Å². The summed E-state index contributed by atoms with van der Waals surface area (Å²) in [6.07, 6.45) is 1.74. The summed E-state index contributed by atoms with van der Waals surface area (Å²) in [6, 6.07) is 0. The number of carbonyl (C=O) groups is 1. The van der Waals surface area contributed by atoms with Crippen molar-refractivity contribution in [2.24, 2.45) is 0 Å². The van der Waals surface area contributed by atoms with E-state index >= 15 is 0 Å². The van der Waals surface area contributed by atoms with Gasteiger partial charge in [-0.2, -0.15) is 0 Å². The van der Waals surface area contributed by atoms with Gasteiger partial charge >= 0.3 is 5.97 Å². The lowest BCUT2D eigenvalue weighted by Crippen LogP contribution is -2.02. The van der Waals surface area contributed by atoms with Crippen LogP contribution in [-0.4, -0.2) is 20.5 Å². The number of nitrogens with zero attached hydrogens (tertiary/aromatic N) is 2. The number of halogens is 1. The van der Waals surface area contributed by atoms with Gasteiger partial charge < -0.3 is 5.11 Å². The number of thiazole rings is 1. The van der Waals surface area contributed by atoms with Crippen molar-refractivity contribution in [2.75, 3.05) is 0 Å². The molecule has 0 aliphatic heterocycles. The van der Waals surface area contributed by atoms with Crippen LogP contribution in [-0.2, 0) is 11.2 Å². The van der Waals surface area contributed by atoms with Gasteiger partial charge in [-0.05, 0) is 6.92 Å². The van der Waals surface area contributed by atoms with Crippen LogP contribution in [0, 0.1) is 6.92 Å². The van der Waals surface area contributed by atoms with Crippen LogP contribution in [0.1, 0.15) is 10.6 Å². The second-order valence-electron chi connectivity index (χ2n) is 2.91. The lowest BCUT2D eigenvalue weighted by atomic mass is 10.3. The van der Waals surface area contributed by atoms with E-state index in [1.807, 2.05) is 13.1 Å². The first-order chi connectivity index (χ1) is 6.58. The Hall–Kier alpha value is -1.07. The molecule has 0 saturated heterocycles. The molecule has 0 unspecified atom stereocenters. The van der Waals surface area contributed by atoms with E-state index in [1.54, 1.807) is 4.40 Å². The van der Waals surface area contributed by atoms with E-state index in [0.29, 0.717) is 5.69 Å². The topological polar surface area (TPSA) is 54.6 Å². The van der Waals surface area contributed by atoms with Crippen molar-refractivity contribution in [3.63, 3.8) is 0 Å². The van der Waals surface area contributed by atoms with Crippen molar-refractivity contribution in [3.05, 3.63) is 21.9 Å². The zero-order valence-electron chi connectivity index (χ0n) is 7.32. The zero-order chi connectivity index (χ0) is 10.3. The van der Waals surface area contributed by atoms with Crippen LogP contribution in [0.3, 0.4) is 0 Å². The smallest absolute Gasteiger partial charge is 0.309 e. The Morgan fingerprint density at radius 1 is 1.79 bits per heavy atom. The lowest BCUT2D eigenvalue weighted by Gasteiger charge is -1.94. The van der Waals surface area contributed by atoms with E-state index in [-0.39, 0.29) is 11.6 Å². The van der Waals surface area contributed by atoms with Crippen molar-refractivity contribution in [2.45, 2.75) is 13.3 Å². The van der Waals surface area contributed by atoms with Crippen LogP contribution in [0.5, 0.6) is 0 Å². The molecule has 0 fully saturated rings. The Kier molecular flexibility index (Phi) is 2.20. The summed E-state index contributed by atoms with van der Waals surface area (Å²) < 4.78 is 1.73. The predicted octanol–water partition coefficient (Wildman–Crippen LogP) is 1.98. The first kappa shape index (κ1) is 9.48. The van der Waals surface area contributed by atoms with Crippen molar-refractivity contribution in [1.29, 1.82) is 0 Å². The number of imidazole rings is 1. The molecule has 0 amide bonds. The number of hydrogen-bond acceptors (Lipinski definition) is 3. The van der Waals surface area contributed by atoms with Gasteiger partial charge in [-0.25, -0.2) is 4.98 Å². The normalized spacial score (nSPS) is 11.0. The number of aryl methyl sites for hydroxylation is 1. The quantitative estimate of drug-likeness (QED) is 0.859. The molecule has 14 heavy (non-hydrogen) atoms. The predicted molar refractivity (Wildman–Crippen MR) is 54.2 cm³/mol. The summed E-state index contributed by atoms with van der Waals surface area (Å²) in [7, 11) is 0. The van der Waals surface area contributed by atoms with E-state index in [2.05, 4.69) is 4.98 Å². The molecule has 0 aliphatic rings. The summed E-state index contributed by atoms with van der Waals surface area (Å²) in [4.78, 5) is 16.5. The molecule has 0 bridgehead atoms. The zero-order valence-corrected chi connectivity index (χ0v) is 8.89. The van der Waals surface area contributed by atoms with Gasteiger partial charge in [0.2, 0.25) is 0 Å². The molecule has 0 spiro atoms. The van der Waals surface area contributed by atoms with Crippen molar-refractivity contribution < 1.29 is 9.90 Å². The maximum absolute atomic E-state index is 10.6. The third-order valence-corrected chi connectivity index (χ3v) is 3.01. The monoisotopic (exact) mass is 230 g/mol. The third kappa shape index (κ3) is 1.49. The van der Waals surface area contributed by atoms with Gasteiger partial charge in [-0.1, -0.05) is 11.6 Å². The average Bonchev–Trinajstić information content (AvgIpc) is 2.51. The number of aromatic nitrogens is 2. The minimum atomic E-state index is -0.905. The number of aliphatic carboxylic acids is 1. The van der Waals surface area contributed by atoms with Crippen molar-refractivity contribution in [1.82, 2.24) is 9.38 Å². The van der Waals surface area contributed by atoms with E-state index in [1.165, 1.54) is 11.3 Å². The fourth-order valence-corrected chi connectivity index (χ4v) is 2.41. The van der Waals surface area contributed by atoms with Gasteiger partial charge in [-0.15, -0.1) is 11.3 Å². The Balaban J connectivity index is 2.59. The largest absolute Gasteiger partial charge is 0.481 e. The number of rotatable bonds is 2. The molecule has 2 aromatic heterocycles. The van der Waals surface area contributed by atoms with Crippen LogP contribution < -0.4 is 0 Å². The van der Waals surface area contributed by atoms with E-state index in [9.17, 15) is 4.79 Å². The minimum Gasteiger partial charge on any atom is -0.481 e. The van der Waals surface area contributed by atoms with Gasteiger partial charge in [0, 0.05) is 11.1 Å². The van der Waals surface area contributed by atoms with Crippen LogP contribution in [0.4, 0.5) is 0 Å². The highest BCUT2D eigenvalue weighted by molar-refractivity contribution is 7.17. The van der Waals surface area contributed by atoms with E-state index in [4.69, 9.17) is 16.7 Å². The summed E-state index contributed by atoms with van der Waals surface area (Å²) in [6.45, 7) is 1.94. The SMILES string of the molecule is Cc1cn2c(CC(=O)O)c(Cl)nc2s1. The van der Waals surface area contributed by atoms with Gasteiger partial charge in [0.05, 0.1) is 12.1 Å². The molecule has 0 saturated carbocycles.